The number of anilines is 1. The van der Waals surface area contributed by atoms with Crippen molar-refractivity contribution in [1.29, 1.82) is 0 Å². The van der Waals surface area contributed by atoms with Crippen LogP contribution in [0.4, 0.5) is 5.69 Å². The van der Waals surface area contributed by atoms with E-state index < -0.39 is 48.2 Å². The molecule has 0 aliphatic carbocycles. The zero-order chi connectivity index (χ0) is 25.7. The van der Waals surface area contributed by atoms with Crippen molar-refractivity contribution in [3.05, 3.63) is 29.8 Å². The van der Waals surface area contributed by atoms with Gasteiger partial charge in [0.15, 0.2) is 0 Å². The van der Waals surface area contributed by atoms with E-state index >= 15 is 0 Å². The van der Waals surface area contributed by atoms with E-state index in [1.165, 1.54) is 6.92 Å². The summed E-state index contributed by atoms with van der Waals surface area (Å²) >= 11 is 0. The van der Waals surface area contributed by atoms with Crippen molar-refractivity contribution in [2.24, 2.45) is 5.92 Å². The number of nitrogens with one attached hydrogen (secondary N) is 5. The molecule has 0 aromatic heterocycles. The van der Waals surface area contributed by atoms with E-state index in [2.05, 4.69) is 26.6 Å². The molecule has 0 radical (unpaired) electrons. The Balaban J connectivity index is 2.53. The molecule has 12 nitrogen and oxygen atoms in total. The highest BCUT2D eigenvalue weighted by molar-refractivity contribution is 5.98. The van der Waals surface area contributed by atoms with Gasteiger partial charge in [-0.1, -0.05) is 26.0 Å². The summed E-state index contributed by atoms with van der Waals surface area (Å²) in [7, 11) is 0. The fourth-order valence-electron chi connectivity index (χ4n) is 2.68. The minimum atomic E-state index is -0.951. The fourth-order valence-corrected chi connectivity index (χ4v) is 2.68. The molecule has 0 unspecified atom stereocenters. The Labute approximate surface area is 197 Å². The van der Waals surface area contributed by atoms with E-state index in [4.69, 9.17) is 10.2 Å². The molecular weight excluding hydrogens is 446 g/mol. The number of carbonyl (C=O) groups excluding carboxylic acids is 5. The number of aliphatic hydroxyl groups excluding tert-OH is 2. The zero-order valence-corrected chi connectivity index (χ0v) is 19.5. The van der Waals surface area contributed by atoms with Crippen LogP contribution in [0.15, 0.2) is 24.3 Å². The van der Waals surface area contributed by atoms with Crippen molar-refractivity contribution in [3.63, 3.8) is 0 Å². The summed E-state index contributed by atoms with van der Waals surface area (Å²) in [4.78, 5) is 60.2. The Morgan fingerprint density at radius 1 is 0.794 bits per heavy atom. The van der Waals surface area contributed by atoms with Crippen molar-refractivity contribution in [3.8, 4) is 0 Å². The number of hydrogen-bond acceptors (Lipinski definition) is 7. The Bertz CT molecular complexity index is 858. The van der Waals surface area contributed by atoms with Crippen molar-refractivity contribution >= 4 is 35.2 Å². The molecule has 0 saturated carbocycles. The minimum Gasteiger partial charge on any atom is -0.396 e. The van der Waals surface area contributed by atoms with Gasteiger partial charge in [0.2, 0.25) is 29.5 Å². The van der Waals surface area contributed by atoms with Crippen LogP contribution in [0, 0.1) is 5.92 Å². The summed E-state index contributed by atoms with van der Waals surface area (Å²) in [6.45, 7) is 3.71. The van der Waals surface area contributed by atoms with Gasteiger partial charge in [-0.25, -0.2) is 0 Å². The average Bonchev–Trinajstić information content (AvgIpc) is 2.80. The van der Waals surface area contributed by atoms with Crippen molar-refractivity contribution < 1.29 is 34.2 Å². The van der Waals surface area contributed by atoms with E-state index in [1.54, 1.807) is 38.1 Å². The Morgan fingerprint density at radius 3 is 1.94 bits per heavy atom. The van der Waals surface area contributed by atoms with Gasteiger partial charge < -0.3 is 36.8 Å². The van der Waals surface area contributed by atoms with Crippen LogP contribution in [0.5, 0.6) is 0 Å². The smallest absolute Gasteiger partial charge is 0.246 e. The van der Waals surface area contributed by atoms with E-state index in [-0.39, 0.29) is 32.1 Å². The Hall–Kier alpha value is -3.51. The van der Waals surface area contributed by atoms with Gasteiger partial charge in [0, 0.05) is 12.1 Å². The first-order chi connectivity index (χ1) is 16.1. The van der Waals surface area contributed by atoms with Gasteiger partial charge in [-0.05, 0) is 30.5 Å². The number of benzene rings is 1. The van der Waals surface area contributed by atoms with Crippen molar-refractivity contribution in [2.75, 3.05) is 25.0 Å². The summed E-state index contributed by atoms with van der Waals surface area (Å²) in [5, 5.41) is 30.1. The third-order valence-electron chi connectivity index (χ3n) is 4.65. The summed E-state index contributed by atoms with van der Waals surface area (Å²) in [6.07, 6.45) is -0.134. The molecule has 12 heteroatoms. The normalized spacial score (nSPS) is 12.3. The lowest BCUT2D eigenvalue weighted by molar-refractivity contribution is -0.132. The summed E-state index contributed by atoms with van der Waals surface area (Å²) in [5.74, 6) is -3.06. The molecule has 0 aliphatic rings. The highest BCUT2D eigenvalue weighted by atomic mass is 16.3. The molecule has 7 N–H and O–H groups in total. The van der Waals surface area contributed by atoms with Crippen LogP contribution in [0.2, 0.25) is 0 Å². The number of rotatable bonds is 13. The molecule has 2 atom stereocenters. The molecule has 5 amide bonds. The third-order valence-corrected chi connectivity index (χ3v) is 4.65. The summed E-state index contributed by atoms with van der Waals surface area (Å²) in [5.41, 5.74) is 1.19. The molecule has 1 aromatic carbocycles. The second-order valence-corrected chi connectivity index (χ2v) is 7.89. The lowest BCUT2D eigenvalue weighted by Crippen LogP contribution is -2.55. The van der Waals surface area contributed by atoms with Crippen LogP contribution in [0.3, 0.4) is 0 Å². The number of aliphatic hydroxyl groups is 2. The van der Waals surface area contributed by atoms with Crippen LogP contribution in [-0.4, -0.2) is 71.5 Å². The SMILES string of the molecule is CC(C)[C@H](NC(=O)CNC(=O)CNC(=O)CCO)C(=O)N[C@@H](C)C(=O)Nc1ccc(CO)cc1. The molecule has 1 aromatic rings. The lowest BCUT2D eigenvalue weighted by atomic mass is 10.0. The lowest BCUT2D eigenvalue weighted by Gasteiger charge is -2.24. The van der Waals surface area contributed by atoms with E-state index in [1.807, 2.05) is 0 Å². The highest BCUT2D eigenvalue weighted by Crippen LogP contribution is 2.10. The van der Waals surface area contributed by atoms with Gasteiger partial charge in [-0.15, -0.1) is 0 Å². The molecule has 0 fully saturated rings. The van der Waals surface area contributed by atoms with Crippen LogP contribution in [-0.2, 0) is 30.6 Å². The quantitative estimate of drug-likeness (QED) is 0.177. The maximum atomic E-state index is 12.7. The molecule has 188 valence electrons. The maximum Gasteiger partial charge on any atom is 0.246 e. The third kappa shape index (κ3) is 10.4. The van der Waals surface area contributed by atoms with Crippen molar-refractivity contribution in [1.82, 2.24) is 21.3 Å². The first-order valence-electron chi connectivity index (χ1n) is 10.8. The molecule has 0 heterocycles. The first kappa shape index (κ1) is 28.5. The van der Waals surface area contributed by atoms with Gasteiger partial charge in [0.25, 0.3) is 0 Å². The first-order valence-corrected chi connectivity index (χ1v) is 10.8. The number of hydrogen-bond donors (Lipinski definition) is 7. The molecule has 0 aliphatic heterocycles. The number of carbonyl (C=O) groups is 5. The molecule has 0 saturated heterocycles. The second-order valence-electron chi connectivity index (χ2n) is 7.89. The van der Waals surface area contributed by atoms with Gasteiger partial charge in [0.1, 0.15) is 12.1 Å². The number of amides is 5. The monoisotopic (exact) mass is 479 g/mol. The predicted octanol–water partition coefficient (Wildman–Crippen LogP) is -1.62. The van der Waals surface area contributed by atoms with Gasteiger partial charge >= 0.3 is 0 Å². The topological polar surface area (TPSA) is 186 Å². The Morgan fingerprint density at radius 2 is 1.38 bits per heavy atom. The molecule has 1 rings (SSSR count). The fraction of sp³-hybridized carbons (Fsp3) is 0.500. The van der Waals surface area contributed by atoms with Crippen LogP contribution in [0.1, 0.15) is 32.8 Å². The molecule has 0 spiro atoms. The average molecular weight is 480 g/mol. The van der Waals surface area contributed by atoms with E-state index in [0.717, 1.165) is 0 Å². The minimum absolute atomic E-state index is 0.117. The molecular formula is C22H33N5O7. The predicted molar refractivity (Wildman–Crippen MR) is 123 cm³/mol. The zero-order valence-electron chi connectivity index (χ0n) is 19.5. The second kappa shape index (κ2) is 14.6. The van der Waals surface area contributed by atoms with Crippen LogP contribution < -0.4 is 26.6 Å². The molecule has 34 heavy (non-hydrogen) atoms. The largest absolute Gasteiger partial charge is 0.396 e. The van der Waals surface area contributed by atoms with Crippen LogP contribution in [0.25, 0.3) is 0 Å². The summed E-state index contributed by atoms with van der Waals surface area (Å²) < 4.78 is 0. The van der Waals surface area contributed by atoms with E-state index in [0.29, 0.717) is 11.3 Å². The maximum absolute atomic E-state index is 12.7. The highest BCUT2D eigenvalue weighted by Gasteiger charge is 2.27. The van der Waals surface area contributed by atoms with Crippen LogP contribution >= 0.6 is 0 Å². The van der Waals surface area contributed by atoms with Gasteiger partial charge in [-0.3, -0.25) is 24.0 Å². The van der Waals surface area contributed by atoms with Gasteiger partial charge in [-0.2, -0.15) is 0 Å². The van der Waals surface area contributed by atoms with E-state index in [9.17, 15) is 24.0 Å². The van der Waals surface area contributed by atoms with Gasteiger partial charge in [0.05, 0.1) is 26.3 Å². The standard InChI is InChI=1S/C22H33N5O7/c1-13(2)20(27-19(32)11-24-18(31)10-23-17(30)8-9-28)22(34)25-14(3)21(33)26-16-6-4-15(12-29)5-7-16/h4-7,13-14,20,28-29H,8-12H2,1-3H3,(H,23,30)(H,24,31)(H,25,34)(H,26,33)(H,27,32)/t14-,20-/m0/s1. The molecule has 0 bridgehead atoms. The Kier molecular flexibility index (Phi) is 12.2. The van der Waals surface area contributed by atoms with Crippen molar-refractivity contribution in [2.45, 2.75) is 45.9 Å². The summed E-state index contributed by atoms with van der Waals surface area (Å²) in [6, 6.07) is 4.72.